The van der Waals surface area contributed by atoms with Gasteiger partial charge in [-0.05, 0) is 27.6 Å². The van der Waals surface area contributed by atoms with Crippen LogP contribution in [0, 0.1) is 0 Å². The van der Waals surface area contributed by atoms with Gasteiger partial charge in [0.05, 0.1) is 0 Å². The van der Waals surface area contributed by atoms with Gasteiger partial charge >= 0.3 is 0 Å². The van der Waals surface area contributed by atoms with Gasteiger partial charge in [-0.3, -0.25) is 4.79 Å². The van der Waals surface area contributed by atoms with Crippen LogP contribution in [-0.4, -0.2) is 11.3 Å². The molecule has 0 amide bonds. The van der Waals surface area contributed by atoms with Crippen LogP contribution in [0.4, 0.5) is 8.78 Å². The van der Waals surface area contributed by atoms with Crippen molar-refractivity contribution in [3.63, 3.8) is 0 Å². The topological polar surface area (TPSA) is 30.0 Å². The SMILES string of the molecule is O=Cc1nc(C(F)F)c(CBr)cc1Br. The minimum absolute atomic E-state index is 0.00926. The first-order chi connectivity index (χ1) is 6.60. The maximum absolute atomic E-state index is 12.4. The van der Waals surface area contributed by atoms with Crippen molar-refractivity contribution in [3.05, 3.63) is 27.5 Å². The molecule has 1 heterocycles. The van der Waals surface area contributed by atoms with E-state index < -0.39 is 6.43 Å². The number of carbonyl (C=O) groups excluding carboxylic acids is 1. The fourth-order valence-electron chi connectivity index (χ4n) is 0.934. The van der Waals surface area contributed by atoms with E-state index in [1.54, 1.807) is 0 Å². The molecule has 0 spiro atoms. The smallest absolute Gasteiger partial charge is 0.280 e. The molecule has 0 N–H and O–H groups in total. The van der Waals surface area contributed by atoms with Crippen LogP contribution >= 0.6 is 31.9 Å². The Morgan fingerprint density at radius 3 is 2.64 bits per heavy atom. The lowest BCUT2D eigenvalue weighted by molar-refractivity contribution is 0.111. The predicted octanol–water partition coefficient (Wildman–Crippen LogP) is 3.49. The van der Waals surface area contributed by atoms with Crippen molar-refractivity contribution in [2.24, 2.45) is 0 Å². The Labute approximate surface area is 96.0 Å². The van der Waals surface area contributed by atoms with Gasteiger partial charge < -0.3 is 0 Å². The van der Waals surface area contributed by atoms with Crippen LogP contribution < -0.4 is 0 Å². The average Bonchev–Trinajstić information content (AvgIpc) is 2.16. The molecule has 0 unspecified atom stereocenters. The molecule has 2 nitrogen and oxygen atoms in total. The van der Waals surface area contributed by atoms with Crippen molar-refractivity contribution in [3.8, 4) is 0 Å². The van der Waals surface area contributed by atoms with E-state index in [2.05, 4.69) is 36.8 Å². The Morgan fingerprint density at radius 1 is 1.57 bits per heavy atom. The standard InChI is InChI=1S/C8H5Br2F2NO/c9-2-4-1-5(10)6(3-14)13-7(4)8(11)12/h1,3,8H,2H2. The third-order valence-corrected chi connectivity index (χ3v) is 2.82. The van der Waals surface area contributed by atoms with Crippen molar-refractivity contribution in [2.45, 2.75) is 11.8 Å². The average molecular weight is 329 g/mol. The Morgan fingerprint density at radius 2 is 2.21 bits per heavy atom. The number of aromatic nitrogens is 1. The largest absolute Gasteiger partial charge is 0.296 e. The summed E-state index contributed by atoms with van der Waals surface area (Å²) in [4.78, 5) is 14.0. The maximum atomic E-state index is 12.4. The van der Waals surface area contributed by atoms with E-state index in [0.29, 0.717) is 16.3 Å². The molecule has 0 aliphatic carbocycles. The Kier molecular flexibility index (Phi) is 4.12. The van der Waals surface area contributed by atoms with E-state index in [-0.39, 0.29) is 16.7 Å². The highest BCUT2D eigenvalue weighted by Crippen LogP contribution is 2.26. The lowest BCUT2D eigenvalue weighted by Crippen LogP contribution is -2.01. The number of pyridine rings is 1. The molecule has 0 bridgehead atoms. The molecule has 0 aliphatic rings. The molecule has 0 radical (unpaired) electrons. The van der Waals surface area contributed by atoms with Crippen LogP contribution in [0.1, 0.15) is 28.2 Å². The minimum atomic E-state index is -2.67. The van der Waals surface area contributed by atoms with Crippen LogP contribution in [0.3, 0.4) is 0 Å². The fourth-order valence-corrected chi connectivity index (χ4v) is 1.84. The molecule has 0 aliphatic heterocycles. The van der Waals surface area contributed by atoms with E-state index in [1.165, 1.54) is 6.07 Å². The van der Waals surface area contributed by atoms with E-state index in [9.17, 15) is 13.6 Å². The van der Waals surface area contributed by atoms with Gasteiger partial charge in [-0.15, -0.1) is 0 Å². The molecule has 0 fully saturated rings. The maximum Gasteiger partial charge on any atom is 0.280 e. The molecule has 1 aromatic heterocycles. The van der Waals surface area contributed by atoms with Crippen LogP contribution in [0.15, 0.2) is 10.5 Å². The lowest BCUT2D eigenvalue weighted by Gasteiger charge is -2.07. The number of alkyl halides is 3. The highest BCUT2D eigenvalue weighted by atomic mass is 79.9. The molecule has 0 atom stereocenters. The van der Waals surface area contributed by atoms with Crippen molar-refractivity contribution >= 4 is 38.1 Å². The lowest BCUT2D eigenvalue weighted by atomic mass is 10.2. The number of carbonyl (C=O) groups is 1. The number of halogens is 4. The second kappa shape index (κ2) is 4.93. The summed E-state index contributed by atoms with van der Waals surface area (Å²) in [6.07, 6.45) is -2.23. The van der Waals surface area contributed by atoms with E-state index in [1.807, 2.05) is 0 Å². The molecule has 0 saturated heterocycles. The molecule has 1 aromatic rings. The highest BCUT2D eigenvalue weighted by molar-refractivity contribution is 9.10. The molecule has 76 valence electrons. The summed E-state index contributed by atoms with van der Waals surface area (Å²) in [6.45, 7) is 0. The second-order valence-corrected chi connectivity index (χ2v) is 3.87. The minimum Gasteiger partial charge on any atom is -0.296 e. The first-order valence-corrected chi connectivity index (χ1v) is 5.50. The third-order valence-electron chi connectivity index (χ3n) is 1.58. The summed E-state index contributed by atoms with van der Waals surface area (Å²) < 4.78 is 25.3. The molecule has 0 aromatic carbocycles. The highest BCUT2D eigenvalue weighted by Gasteiger charge is 2.16. The normalized spacial score (nSPS) is 10.6. The van der Waals surface area contributed by atoms with Gasteiger partial charge in [-0.2, -0.15) is 0 Å². The Hall–Kier alpha value is -0.360. The monoisotopic (exact) mass is 327 g/mol. The van der Waals surface area contributed by atoms with E-state index >= 15 is 0 Å². The van der Waals surface area contributed by atoms with Gasteiger partial charge in [0.2, 0.25) is 0 Å². The Bertz CT molecular complexity index is 357. The van der Waals surface area contributed by atoms with Gasteiger partial charge in [-0.25, -0.2) is 13.8 Å². The van der Waals surface area contributed by atoms with Gasteiger partial charge in [0, 0.05) is 9.80 Å². The number of hydrogen-bond donors (Lipinski definition) is 0. The molecule has 14 heavy (non-hydrogen) atoms. The van der Waals surface area contributed by atoms with Crippen molar-refractivity contribution in [1.82, 2.24) is 4.98 Å². The zero-order valence-electron chi connectivity index (χ0n) is 6.81. The van der Waals surface area contributed by atoms with Crippen molar-refractivity contribution in [1.29, 1.82) is 0 Å². The summed E-state index contributed by atoms with van der Waals surface area (Å²) in [5, 5.41) is 0.275. The van der Waals surface area contributed by atoms with E-state index in [4.69, 9.17) is 0 Å². The molecular weight excluding hydrogens is 324 g/mol. The van der Waals surface area contributed by atoms with Crippen LogP contribution in [0.2, 0.25) is 0 Å². The molecule has 0 saturated carbocycles. The van der Waals surface area contributed by atoms with Gasteiger partial charge in [-0.1, -0.05) is 15.9 Å². The summed E-state index contributed by atoms with van der Waals surface area (Å²) in [6, 6.07) is 1.47. The zero-order valence-corrected chi connectivity index (χ0v) is 9.98. The van der Waals surface area contributed by atoms with Crippen LogP contribution in [0.25, 0.3) is 0 Å². The molecular formula is C8H5Br2F2NO. The predicted molar refractivity (Wildman–Crippen MR) is 54.9 cm³/mol. The van der Waals surface area contributed by atoms with Crippen LogP contribution in [0.5, 0.6) is 0 Å². The third kappa shape index (κ3) is 2.36. The van der Waals surface area contributed by atoms with Crippen LogP contribution in [-0.2, 0) is 5.33 Å². The first kappa shape index (κ1) is 11.7. The van der Waals surface area contributed by atoms with E-state index in [0.717, 1.165) is 0 Å². The summed E-state index contributed by atoms with van der Waals surface area (Å²) in [5.74, 6) is 0. The fraction of sp³-hybridized carbons (Fsp3) is 0.250. The summed E-state index contributed by atoms with van der Waals surface area (Å²) in [5.41, 5.74) is 0.00894. The summed E-state index contributed by atoms with van der Waals surface area (Å²) >= 11 is 6.15. The van der Waals surface area contributed by atoms with Gasteiger partial charge in [0.25, 0.3) is 6.43 Å². The van der Waals surface area contributed by atoms with Crippen molar-refractivity contribution in [2.75, 3.05) is 0 Å². The molecule has 6 heteroatoms. The first-order valence-electron chi connectivity index (χ1n) is 3.58. The zero-order chi connectivity index (χ0) is 10.7. The second-order valence-electron chi connectivity index (χ2n) is 2.45. The number of hydrogen-bond acceptors (Lipinski definition) is 2. The molecule has 1 rings (SSSR count). The number of nitrogens with zero attached hydrogens (tertiary/aromatic N) is 1. The van der Waals surface area contributed by atoms with Gasteiger partial charge in [0.15, 0.2) is 6.29 Å². The summed E-state index contributed by atoms with van der Waals surface area (Å²) in [7, 11) is 0. The number of aldehydes is 1. The van der Waals surface area contributed by atoms with Crippen molar-refractivity contribution < 1.29 is 13.6 Å². The van der Waals surface area contributed by atoms with Gasteiger partial charge in [0.1, 0.15) is 11.4 Å². The quantitative estimate of drug-likeness (QED) is 0.628. The Balaban J connectivity index is 3.32. The number of rotatable bonds is 3.